The number of aromatic hydroxyl groups is 1. The van der Waals surface area contributed by atoms with E-state index in [0.717, 1.165) is 6.26 Å². The molecule has 0 radical (unpaired) electrons. The van der Waals surface area contributed by atoms with Gasteiger partial charge in [-0.15, -0.1) is 0 Å². The molecule has 2 aromatic rings. The normalized spacial score (nSPS) is 11.7. The quantitative estimate of drug-likeness (QED) is 0.764. The van der Waals surface area contributed by atoms with Crippen molar-refractivity contribution in [3.05, 3.63) is 39.5 Å². The van der Waals surface area contributed by atoms with E-state index in [1.807, 2.05) is 0 Å². The average molecular weight is 387 g/mol. The number of ether oxygens (including phenoxy) is 1. The summed E-state index contributed by atoms with van der Waals surface area (Å²) in [6.07, 6.45) is 1.06. The van der Waals surface area contributed by atoms with Crippen LogP contribution in [0, 0.1) is 6.92 Å². The molecule has 0 atom stereocenters. The van der Waals surface area contributed by atoms with Gasteiger partial charge < -0.3 is 9.84 Å². The van der Waals surface area contributed by atoms with Gasteiger partial charge in [0.2, 0.25) is 11.7 Å². The number of sulfone groups is 1. The summed E-state index contributed by atoms with van der Waals surface area (Å²) >= 11 is 6.34. The molecule has 2 rings (SSSR count). The zero-order valence-electron chi connectivity index (χ0n) is 14.3. The molecule has 0 aliphatic heterocycles. The SMILES string of the molecule is CCOCc1c(S(C)(=O)=O)ccc(C(=O)c2c(C)nn(C)c2O)c1Cl. The molecular formula is C16H19ClN2O5S. The number of nitrogens with zero attached hydrogens (tertiary/aromatic N) is 2. The van der Waals surface area contributed by atoms with Gasteiger partial charge in [0, 0.05) is 31.0 Å². The molecule has 1 aromatic carbocycles. The number of aromatic nitrogens is 2. The Morgan fingerprint density at radius 2 is 2.04 bits per heavy atom. The Balaban J connectivity index is 2.65. The van der Waals surface area contributed by atoms with Gasteiger partial charge in [0.05, 0.1) is 22.2 Å². The third kappa shape index (κ3) is 3.70. The van der Waals surface area contributed by atoms with Crippen LogP contribution >= 0.6 is 11.6 Å². The van der Waals surface area contributed by atoms with Crippen molar-refractivity contribution in [2.75, 3.05) is 12.9 Å². The molecule has 0 bridgehead atoms. The zero-order chi connectivity index (χ0) is 18.9. The Hall–Kier alpha value is -1.90. The summed E-state index contributed by atoms with van der Waals surface area (Å²) < 4.78 is 30.4. The van der Waals surface area contributed by atoms with E-state index in [1.54, 1.807) is 13.8 Å². The Kier molecular flexibility index (Phi) is 5.55. The predicted octanol–water partition coefficient (Wildman–Crippen LogP) is 2.26. The molecule has 0 aliphatic rings. The van der Waals surface area contributed by atoms with Gasteiger partial charge in [-0.05, 0) is 26.0 Å². The maximum absolute atomic E-state index is 12.8. The van der Waals surface area contributed by atoms with Crippen molar-refractivity contribution in [3.63, 3.8) is 0 Å². The van der Waals surface area contributed by atoms with Gasteiger partial charge in [-0.25, -0.2) is 13.1 Å². The van der Waals surface area contributed by atoms with Crippen LogP contribution in [0.2, 0.25) is 5.02 Å². The molecule has 0 spiro atoms. The molecule has 0 unspecified atom stereocenters. The van der Waals surface area contributed by atoms with E-state index in [4.69, 9.17) is 16.3 Å². The smallest absolute Gasteiger partial charge is 0.220 e. The molecule has 0 aliphatic carbocycles. The van der Waals surface area contributed by atoms with Gasteiger partial charge in [-0.2, -0.15) is 5.10 Å². The minimum absolute atomic E-state index is 0.00892. The second-order valence-corrected chi connectivity index (χ2v) is 7.91. The first-order chi connectivity index (χ1) is 11.6. The van der Waals surface area contributed by atoms with Crippen LogP contribution in [0.3, 0.4) is 0 Å². The van der Waals surface area contributed by atoms with Crippen LogP contribution in [0.15, 0.2) is 17.0 Å². The van der Waals surface area contributed by atoms with Crippen molar-refractivity contribution in [3.8, 4) is 5.88 Å². The Bertz CT molecular complexity index is 934. The van der Waals surface area contributed by atoms with Crippen LogP contribution in [0.5, 0.6) is 5.88 Å². The topological polar surface area (TPSA) is 98.5 Å². The van der Waals surface area contributed by atoms with E-state index in [0.29, 0.717) is 12.3 Å². The first-order valence-corrected chi connectivity index (χ1v) is 9.72. The molecule has 1 heterocycles. The van der Waals surface area contributed by atoms with Gasteiger partial charge in [-0.3, -0.25) is 4.79 Å². The van der Waals surface area contributed by atoms with Crippen molar-refractivity contribution in [2.45, 2.75) is 25.3 Å². The highest BCUT2D eigenvalue weighted by Crippen LogP contribution is 2.32. The molecule has 25 heavy (non-hydrogen) atoms. The minimum atomic E-state index is -3.55. The largest absolute Gasteiger partial charge is 0.493 e. The number of ketones is 1. The third-order valence-electron chi connectivity index (χ3n) is 3.71. The fourth-order valence-corrected chi connectivity index (χ4v) is 3.80. The maximum Gasteiger partial charge on any atom is 0.220 e. The highest BCUT2D eigenvalue weighted by molar-refractivity contribution is 7.90. The van der Waals surface area contributed by atoms with E-state index >= 15 is 0 Å². The van der Waals surface area contributed by atoms with E-state index in [1.165, 1.54) is 23.9 Å². The molecule has 9 heteroatoms. The fraction of sp³-hybridized carbons (Fsp3) is 0.375. The van der Waals surface area contributed by atoms with Gasteiger partial charge in [0.1, 0.15) is 5.56 Å². The average Bonchev–Trinajstić information content (AvgIpc) is 2.77. The summed E-state index contributed by atoms with van der Waals surface area (Å²) in [6, 6.07) is 2.66. The van der Waals surface area contributed by atoms with E-state index < -0.39 is 15.6 Å². The fourth-order valence-electron chi connectivity index (χ4n) is 2.51. The van der Waals surface area contributed by atoms with Crippen LogP contribution < -0.4 is 0 Å². The summed E-state index contributed by atoms with van der Waals surface area (Å²) in [5.74, 6) is -0.817. The lowest BCUT2D eigenvalue weighted by Gasteiger charge is -2.13. The Morgan fingerprint density at radius 1 is 1.40 bits per heavy atom. The van der Waals surface area contributed by atoms with Crippen molar-refractivity contribution in [1.29, 1.82) is 0 Å². The van der Waals surface area contributed by atoms with Crippen LogP contribution in [0.4, 0.5) is 0 Å². The monoisotopic (exact) mass is 386 g/mol. The number of carbonyl (C=O) groups excluding carboxylic acids is 1. The summed E-state index contributed by atoms with van der Waals surface area (Å²) in [5.41, 5.74) is 0.673. The lowest BCUT2D eigenvalue weighted by Crippen LogP contribution is -2.10. The summed E-state index contributed by atoms with van der Waals surface area (Å²) in [6.45, 7) is 3.67. The van der Waals surface area contributed by atoms with Crippen molar-refractivity contribution >= 4 is 27.2 Å². The van der Waals surface area contributed by atoms with Gasteiger partial charge in [0.25, 0.3) is 0 Å². The highest BCUT2D eigenvalue weighted by Gasteiger charge is 2.26. The van der Waals surface area contributed by atoms with Crippen LogP contribution in [-0.4, -0.2) is 42.0 Å². The molecule has 7 nitrogen and oxygen atoms in total. The standard InChI is InChI=1S/C16H19ClN2O5S/c1-5-24-8-11-12(25(4,22)23)7-6-10(14(11)17)15(20)13-9(2)18-19(3)16(13)21/h6-7,21H,5,8H2,1-4H3. The van der Waals surface area contributed by atoms with Gasteiger partial charge in [0.15, 0.2) is 9.84 Å². The Labute approximate surface area is 151 Å². The minimum Gasteiger partial charge on any atom is -0.493 e. The molecule has 1 N–H and O–H groups in total. The molecule has 0 saturated carbocycles. The lowest BCUT2D eigenvalue weighted by atomic mass is 10.0. The molecular weight excluding hydrogens is 368 g/mol. The number of carbonyl (C=O) groups is 1. The van der Waals surface area contributed by atoms with E-state index in [9.17, 15) is 18.3 Å². The number of hydrogen-bond donors (Lipinski definition) is 1. The zero-order valence-corrected chi connectivity index (χ0v) is 15.9. The number of benzene rings is 1. The number of rotatable bonds is 6. The molecule has 0 amide bonds. The first-order valence-electron chi connectivity index (χ1n) is 7.46. The van der Waals surface area contributed by atoms with Gasteiger partial charge in [-0.1, -0.05) is 11.6 Å². The summed E-state index contributed by atoms with van der Waals surface area (Å²) in [4.78, 5) is 12.8. The number of hydrogen-bond acceptors (Lipinski definition) is 6. The Morgan fingerprint density at radius 3 is 2.52 bits per heavy atom. The summed E-state index contributed by atoms with van der Waals surface area (Å²) in [5, 5.41) is 14.0. The van der Waals surface area contributed by atoms with Crippen molar-refractivity contribution in [2.24, 2.45) is 7.05 Å². The second kappa shape index (κ2) is 7.15. The maximum atomic E-state index is 12.8. The lowest BCUT2D eigenvalue weighted by molar-refractivity contribution is 0.103. The molecule has 1 aromatic heterocycles. The van der Waals surface area contributed by atoms with Crippen molar-refractivity contribution in [1.82, 2.24) is 9.78 Å². The molecule has 136 valence electrons. The second-order valence-electron chi connectivity index (χ2n) is 5.55. The van der Waals surface area contributed by atoms with Crippen LogP contribution in [0.25, 0.3) is 0 Å². The van der Waals surface area contributed by atoms with Crippen molar-refractivity contribution < 1.29 is 23.1 Å². The summed E-state index contributed by atoms with van der Waals surface area (Å²) in [7, 11) is -2.04. The van der Waals surface area contributed by atoms with Crippen LogP contribution in [-0.2, 0) is 28.2 Å². The van der Waals surface area contributed by atoms with Gasteiger partial charge >= 0.3 is 0 Å². The van der Waals surface area contributed by atoms with E-state index in [-0.39, 0.29) is 39.1 Å². The number of aryl methyl sites for hydroxylation is 2. The number of halogens is 1. The highest BCUT2D eigenvalue weighted by atomic mass is 35.5. The first kappa shape index (κ1) is 19.4. The van der Waals surface area contributed by atoms with Crippen LogP contribution in [0.1, 0.15) is 34.1 Å². The van der Waals surface area contributed by atoms with E-state index in [2.05, 4.69) is 5.10 Å². The predicted molar refractivity (Wildman–Crippen MR) is 92.9 cm³/mol. The third-order valence-corrected chi connectivity index (χ3v) is 5.33. The molecule has 0 saturated heterocycles. The molecule has 0 fully saturated rings.